The Morgan fingerprint density at radius 3 is 2.50 bits per heavy atom. The Morgan fingerprint density at radius 2 is 1.88 bits per heavy atom. The minimum absolute atomic E-state index is 0.0439. The molecule has 0 aliphatic rings. The van der Waals surface area contributed by atoms with Crippen LogP contribution in [0.4, 0.5) is 5.69 Å². The minimum atomic E-state index is -0.494. The molecule has 0 atom stereocenters. The zero-order valence-corrected chi connectivity index (χ0v) is 14.8. The number of nitro benzene ring substituents is 1. The molecule has 0 fully saturated rings. The zero-order chi connectivity index (χ0) is 18.8. The minimum Gasteiger partial charge on any atom is -0.463 e. The van der Waals surface area contributed by atoms with E-state index in [1.807, 2.05) is 0 Å². The highest BCUT2D eigenvalue weighted by atomic mass is 32.1. The number of thiocarbonyl (C=S) groups is 1. The van der Waals surface area contributed by atoms with Gasteiger partial charge >= 0.3 is 0 Å². The molecule has 0 saturated heterocycles. The van der Waals surface area contributed by atoms with Crippen LogP contribution in [0.5, 0.6) is 5.75 Å². The van der Waals surface area contributed by atoms with Gasteiger partial charge in [0, 0.05) is 32.3 Å². The van der Waals surface area contributed by atoms with Gasteiger partial charge in [0.1, 0.15) is 17.6 Å². The number of benzene rings is 2. The van der Waals surface area contributed by atoms with Crippen LogP contribution in [0, 0.1) is 10.1 Å². The first-order valence-electron chi connectivity index (χ1n) is 7.56. The van der Waals surface area contributed by atoms with E-state index in [0.29, 0.717) is 27.8 Å². The van der Waals surface area contributed by atoms with Gasteiger partial charge in [0.2, 0.25) is 0 Å². The van der Waals surface area contributed by atoms with Crippen molar-refractivity contribution in [3.05, 3.63) is 69.1 Å². The highest BCUT2D eigenvalue weighted by molar-refractivity contribution is 7.80. The van der Waals surface area contributed by atoms with Crippen molar-refractivity contribution in [3.63, 3.8) is 0 Å². The lowest BCUT2D eigenvalue weighted by molar-refractivity contribution is -0.384. The predicted octanol–water partition coefficient (Wildman–Crippen LogP) is 3.59. The quantitative estimate of drug-likeness (QED) is 0.395. The number of rotatable bonds is 3. The normalized spacial score (nSPS) is 10.5. The third kappa shape index (κ3) is 3.40. The van der Waals surface area contributed by atoms with Crippen molar-refractivity contribution in [1.82, 2.24) is 4.90 Å². The summed E-state index contributed by atoms with van der Waals surface area (Å²) in [5.74, 6) is 0.461. The Bertz CT molecular complexity index is 1060. The van der Waals surface area contributed by atoms with Gasteiger partial charge in [-0.05, 0) is 42.0 Å². The first kappa shape index (κ1) is 17.6. The first-order chi connectivity index (χ1) is 12.4. The molecule has 3 aromatic rings. The van der Waals surface area contributed by atoms with E-state index in [4.69, 9.17) is 21.4 Å². The van der Waals surface area contributed by atoms with Crippen molar-refractivity contribution in [2.45, 2.75) is 0 Å². The molecule has 1 heterocycles. The smallest absolute Gasteiger partial charge is 0.269 e. The zero-order valence-electron chi connectivity index (χ0n) is 14.0. The van der Waals surface area contributed by atoms with Gasteiger partial charge in [-0.3, -0.25) is 14.9 Å². The molecule has 0 saturated carbocycles. The Hall–Kier alpha value is -3.26. The summed E-state index contributed by atoms with van der Waals surface area (Å²) in [5, 5.41) is 11.4. The van der Waals surface area contributed by atoms with E-state index in [1.165, 1.54) is 30.5 Å². The number of hydrogen-bond acceptors (Lipinski definition) is 6. The maximum absolute atomic E-state index is 12.7. The van der Waals surface area contributed by atoms with Crippen LogP contribution in [0.2, 0.25) is 0 Å². The van der Waals surface area contributed by atoms with Crippen molar-refractivity contribution >= 4 is 34.0 Å². The molecule has 0 amide bonds. The van der Waals surface area contributed by atoms with Gasteiger partial charge in [0.05, 0.1) is 15.9 Å². The van der Waals surface area contributed by atoms with Crippen molar-refractivity contribution in [2.24, 2.45) is 0 Å². The maximum Gasteiger partial charge on any atom is 0.269 e. The van der Waals surface area contributed by atoms with Gasteiger partial charge in [-0.25, -0.2) is 0 Å². The molecule has 0 spiro atoms. The van der Waals surface area contributed by atoms with E-state index in [2.05, 4.69) is 0 Å². The molecular formula is C18H14N2O5S. The van der Waals surface area contributed by atoms with Crippen molar-refractivity contribution < 1.29 is 14.1 Å². The Kier molecular flexibility index (Phi) is 4.68. The van der Waals surface area contributed by atoms with E-state index in [-0.39, 0.29) is 16.3 Å². The SMILES string of the molecule is CN(C)C(=S)Oc1ccc2c(=O)c(-c3ccc([N+](=O)[O-])cc3)coc2c1. The molecule has 0 radical (unpaired) electrons. The average molecular weight is 370 g/mol. The molecule has 7 nitrogen and oxygen atoms in total. The van der Waals surface area contributed by atoms with E-state index in [0.717, 1.165) is 0 Å². The van der Waals surface area contributed by atoms with E-state index >= 15 is 0 Å². The van der Waals surface area contributed by atoms with Crippen LogP contribution in [0.1, 0.15) is 0 Å². The predicted molar refractivity (Wildman–Crippen MR) is 101 cm³/mol. The molecule has 132 valence electrons. The van der Waals surface area contributed by atoms with Gasteiger partial charge in [0.25, 0.3) is 10.9 Å². The number of nitrogens with zero attached hydrogens (tertiary/aromatic N) is 2. The van der Waals surface area contributed by atoms with E-state index < -0.39 is 4.92 Å². The highest BCUT2D eigenvalue weighted by Gasteiger charge is 2.12. The van der Waals surface area contributed by atoms with Gasteiger partial charge in [-0.2, -0.15) is 0 Å². The third-order valence-electron chi connectivity index (χ3n) is 3.71. The molecule has 2 aromatic carbocycles. The van der Waals surface area contributed by atoms with Crippen molar-refractivity contribution in [1.29, 1.82) is 0 Å². The third-order valence-corrected chi connectivity index (χ3v) is 4.15. The van der Waals surface area contributed by atoms with Crippen LogP contribution in [-0.4, -0.2) is 29.1 Å². The molecule has 0 aliphatic heterocycles. The summed E-state index contributed by atoms with van der Waals surface area (Å²) in [7, 11) is 3.53. The number of non-ortho nitro benzene ring substituents is 1. The second-order valence-corrected chi connectivity index (χ2v) is 6.05. The molecular weight excluding hydrogens is 356 g/mol. The van der Waals surface area contributed by atoms with Gasteiger partial charge in [-0.1, -0.05) is 0 Å². The topological polar surface area (TPSA) is 85.8 Å². The summed E-state index contributed by atoms with van der Waals surface area (Å²) in [6, 6.07) is 10.5. The second kappa shape index (κ2) is 6.93. The van der Waals surface area contributed by atoms with Gasteiger partial charge < -0.3 is 14.1 Å². The van der Waals surface area contributed by atoms with Crippen molar-refractivity contribution in [2.75, 3.05) is 14.1 Å². The molecule has 0 aliphatic carbocycles. The summed E-state index contributed by atoms with van der Waals surface area (Å²) >= 11 is 5.09. The molecule has 3 rings (SSSR count). The lowest BCUT2D eigenvalue weighted by Crippen LogP contribution is -2.24. The van der Waals surface area contributed by atoms with Crippen LogP contribution >= 0.6 is 12.2 Å². The molecule has 8 heteroatoms. The van der Waals surface area contributed by atoms with E-state index in [1.54, 1.807) is 37.2 Å². The number of hydrogen-bond donors (Lipinski definition) is 0. The number of fused-ring (bicyclic) bond motifs is 1. The lowest BCUT2D eigenvalue weighted by Gasteiger charge is -2.14. The Balaban J connectivity index is 2.00. The number of nitro groups is 1. The lowest BCUT2D eigenvalue weighted by atomic mass is 10.1. The largest absolute Gasteiger partial charge is 0.463 e. The number of ether oxygens (including phenoxy) is 1. The van der Waals surface area contributed by atoms with Crippen molar-refractivity contribution in [3.8, 4) is 16.9 Å². The summed E-state index contributed by atoms with van der Waals surface area (Å²) in [6.45, 7) is 0. The fraction of sp³-hybridized carbons (Fsp3) is 0.111. The molecule has 0 bridgehead atoms. The Morgan fingerprint density at radius 1 is 1.19 bits per heavy atom. The molecule has 0 unspecified atom stereocenters. The summed E-state index contributed by atoms with van der Waals surface area (Å²) < 4.78 is 11.1. The average Bonchev–Trinajstić information content (AvgIpc) is 2.62. The summed E-state index contributed by atoms with van der Waals surface area (Å²) in [4.78, 5) is 24.6. The van der Waals surface area contributed by atoms with E-state index in [9.17, 15) is 14.9 Å². The van der Waals surface area contributed by atoms with Crippen LogP contribution in [-0.2, 0) is 0 Å². The van der Waals surface area contributed by atoms with Crippen LogP contribution in [0.15, 0.2) is 57.9 Å². The second-order valence-electron chi connectivity index (χ2n) is 5.70. The first-order valence-corrected chi connectivity index (χ1v) is 7.97. The fourth-order valence-corrected chi connectivity index (χ4v) is 2.42. The molecule has 1 aromatic heterocycles. The highest BCUT2D eigenvalue weighted by Crippen LogP contribution is 2.24. The Labute approximate surface area is 153 Å². The summed E-state index contributed by atoms with van der Waals surface area (Å²) in [6.07, 6.45) is 1.33. The monoisotopic (exact) mass is 370 g/mol. The fourth-order valence-electron chi connectivity index (χ4n) is 2.33. The molecule has 0 N–H and O–H groups in total. The van der Waals surface area contributed by atoms with Crippen LogP contribution < -0.4 is 10.2 Å². The molecule has 26 heavy (non-hydrogen) atoms. The van der Waals surface area contributed by atoms with Crippen LogP contribution in [0.25, 0.3) is 22.1 Å². The van der Waals surface area contributed by atoms with Gasteiger partial charge in [-0.15, -0.1) is 0 Å². The van der Waals surface area contributed by atoms with Crippen LogP contribution in [0.3, 0.4) is 0 Å². The van der Waals surface area contributed by atoms with Gasteiger partial charge in [0.15, 0.2) is 5.43 Å². The maximum atomic E-state index is 12.7. The standard InChI is InChI=1S/C18H14N2O5S/c1-19(2)18(26)25-13-7-8-14-16(9-13)24-10-15(17(14)21)11-3-5-12(6-4-11)20(22)23/h3-10H,1-2H3. The summed E-state index contributed by atoms with van der Waals surface area (Å²) in [5.41, 5.74) is 0.948.